The molecule has 1 atom stereocenters. The van der Waals surface area contributed by atoms with Gasteiger partial charge in [0.1, 0.15) is 4.83 Å². The van der Waals surface area contributed by atoms with Gasteiger partial charge in [-0.3, -0.25) is 9.59 Å². The molecular formula is C17H14ClN3O4S2. The first-order valence-corrected chi connectivity index (χ1v) is 9.89. The number of aromatic nitrogens is 2. The van der Waals surface area contributed by atoms with Gasteiger partial charge in [-0.1, -0.05) is 29.4 Å². The summed E-state index contributed by atoms with van der Waals surface area (Å²) in [5.41, 5.74) is 0.751. The third-order valence-electron chi connectivity index (χ3n) is 3.84. The number of fused-ring (bicyclic) bond motifs is 1. The highest BCUT2D eigenvalue weighted by Gasteiger charge is 2.20. The van der Waals surface area contributed by atoms with Crippen molar-refractivity contribution in [2.75, 3.05) is 5.32 Å². The van der Waals surface area contributed by atoms with Gasteiger partial charge < -0.3 is 15.4 Å². The number of thiophene rings is 1. The van der Waals surface area contributed by atoms with E-state index < -0.39 is 16.8 Å². The number of carbonyl (C=O) groups excluding carboxylic acids is 1. The first-order valence-electron chi connectivity index (χ1n) is 7.75. The number of carbonyl (C=O) groups is 2. The lowest BCUT2D eigenvalue weighted by Gasteiger charge is -2.13. The van der Waals surface area contributed by atoms with Crippen LogP contribution in [-0.2, 0) is 4.79 Å². The van der Waals surface area contributed by atoms with Crippen molar-refractivity contribution in [2.45, 2.75) is 24.3 Å². The van der Waals surface area contributed by atoms with Gasteiger partial charge in [0.15, 0.2) is 5.16 Å². The zero-order valence-electron chi connectivity index (χ0n) is 14.2. The van der Waals surface area contributed by atoms with Gasteiger partial charge in [-0.25, -0.2) is 9.78 Å². The molecule has 2 heterocycles. The summed E-state index contributed by atoms with van der Waals surface area (Å²) in [6, 6.07) is 5.23. The molecule has 1 amide bonds. The minimum Gasteiger partial charge on any atom is -0.478 e. The summed E-state index contributed by atoms with van der Waals surface area (Å²) in [7, 11) is 0. The van der Waals surface area contributed by atoms with E-state index in [1.807, 2.05) is 0 Å². The van der Waals surface area contributed by atoms with Crippen LogP contribution in [0.25, 0.3) is 10.2 Å². The van der Waals surface area contributed by atoms with Gasteiger partial charge in [-0.05, 0) is 31.5 Å². The maximum atomic E-state index is 12.5. The first kappa shape index (κ1) is 19.4. The topological polar surface area (TPSA) is 112 Å². The molecule has 3 N–H and O–H groups in total. The molecule has 0 aliphatic rings. The Hall–Kier alpha value is -2.36. The molecule has 0 fully saturated rings. The van der Waals surface area contributed by atoms with Crippen molar-refractivity contribution in [2.24, 2.45) is 0 Å². The smallest absolute Gasteiger partial charge is 0.337 e. The Kier molecular flexibility index (Phi) is 5.54. The van der Waals surface area contributed by atoms with E-state index in [4.69, 9.17) is 16.7 Å². The summed E-state index contributed by atoms with van der Waals surface area (Å²) in [6.07, 6.45) is 0. The summed E-state index contributed by atoms with van der Waals surface area (Å²) in [6.45, 7) is 3.49. The molecule has 0 aliphatic heterocycles. The van der Waals surface area contributed by atoms with Gasteiger partial charge >= 0.3 is 5.97 Å². The lowest BCUT2D eigenvalue weighted by Crippen LogP contribution is -2.23. The fourth-order valence-corrected chi connectivity index (χ4v) is 4.28. The monoisotopic (exact) mass is 423 g/mol. The quantitative estimate of drug-likeness (QED) is 0.425. The lowest BCUT2D eigenvalue weighted by atomic mass is 10.2. The molecule has 0 aliphatic carbocycles. The number of H-pyrrole nitrogens is 1. The maximum absolute atomic E-state index is 12.5. The van der Waals surface area contributed by atoms with Crippen LogP contribution in [0.5, 0.6) is 0 Å². The molecule has 3 aromatic rings. The molecule has 2 aromatic heterocycles. The number of halogens is 1. The second-order valence-electron chi connectivity index (χ2n) is 5.67. The van der Waals surface area contributed by atoms with Crippen molar-refractivity contribution in [1.29, 1.82) is 0 Å². The molecule has 140 valence electrons. The van der Waals surface area contributed by atoms with Gasteiger partial charge in [0, 0.05) is 16.1 Å². The van der Waals surface area contributed by atoms with Crippen molar-refractivity contribution < 1.29 is 14.7 Å². The van der Waals surface area contributed by atoms with E-state index in [0.717, 1.165) is 28.7 Å². The number of anilines is 1. The molecule has 0 saturated carbocycles. The van der Waals surface area contributed by atoms with Crippen LogP contribution in [0.2, 0.25) is 5.02 Å². The highest BCUT2D eigenvalue weighted by atomic mass is 35.5. The minimum atomic E-state index is -1.18. The highest BCUT2D eigenvalue weighted by Crippen LogP contribution is 2.27. The molecule has 27 heavy (non-hydrogen) atoms. The van der Waals surface area contributed by atoms with E-state index in [9.17, 15) is 14.4 Å². The molecule has 1 unspecified atom stereocenters. The number of nitrogens with zero attached hydrogens (tertiary/aromatic N) is 1. The number of hydrogen-bond donors (Lipinski definition) is 3. The van der Waals surface area contributed by atoms with Crippen LogP contribution >= 0.6 is 34.7 Å². The van der Waals surface area contributed by atoms with E-state index in [-0.39, 0.29) is 22.0 Å². The summed E-state index contributed by atoms with van der Waals surface area (Å²) in [5, 5.41) is 13.6. The molecule has 0 saturated heterocycles. The largest absolute Gasteiger partial charge is 0.478 e. The van der Waals surface area contributed by atoms with Gasteiger partial charge in [0.05, 0.1) is 16.2 Å². The van der Waals surface area contributed by atoms with Gasteiger partial charge in [-0.15, -0.1) is 11.3 Å². The molecule has 10 heteroatoms. The number of hydrogen-bond acceptors (Lipinski definition) is 6. The van der Waals surface area contributed by atoms with E-state index in [0.29, 0.717) is 15.5 Å². The molecule has 3 rings (SSSR count). The van der Waals surface area contributed by atoms with Crippen molar-refractivity contribution in [3.8, 4) is 0 Å². The molecule has 0 bridgehead atoms. The van der Waals surface area contributed by atoms with Crippen molar-refractivity contribution in [3.63, 3.8) is 0 Å². The summed E-state index contributed by atoms with van der Waals surface area (Å²) < 4.78 is 0. The predicted molar refractivity (Wildman–Crippen MR) is 107 cm³/mol. The molecule has 1 aromatic carbocycles. The zero-order valence-corrected chi connectivity index (χ0v) is 16.6. The standard InChI is InChI=1S/C17H14ClN3O4S2/c1-7-10(18)4-3-5-11(7)19-13(22)8(2)27-17-20-14(23)12-9(16(24)25)6-26-15(12)21-17/h3-6,8H,1-2H3,(H,19,22)(H,24,25)(H,20,21,23). The number of benzene rings is 1. The number of amides is 1. The second kappa shape index (κ2) is 7.71. The van der Waals surface area contributed by atoms with Crippen LogP contribution in [0.3, 0.4) is 0 Å². The average Bonchev–Trinajstić information content (AvgIpc) is 3.03. The number of thioether (sulfide) groups is 1. The van der Waals surface area contributed by atoms with Crippen molar-refractivity contribution in [1.82, 2.24) is 9.97 Å². The normalized spacial score (nSPS) is 12.1. The number of carboxylic acid groups (broad SMARTS) is 1. The number of aromatic amines is 1. The fraction of sp³-hybridized carbons (Fsp3) is 0.176. The van der Waals surface area contributed by atoms with Crippen LogP contribution in [0.15, 0.2) is 33.5 Å². The van der Waals surface area contributed by atoms with Crippen molar-refractivity contribution >= 4 is 62.5 Å². The fourth-order valence-electron chi connectivity index (χ4n) is 2.34. The second-order valence-corrected chi connectivity index (χ2v) is 8.26. The van der Waals surface area contributed by atoms with Crippen LogP contribution in [0.1, 0.15) is 22.8 Å². The zero-order chi connectivity index (χ0) is 19.7. The predicted octanol–water partition coefficient (Wildman–Crippen LogP) is 3.76. The Balaban J connectivity index is 1.80. The summed E-state index contributed by atoms with van der Waals surface area (Å²) >= 11 is 8.20. The van der Waals surface area contributed by atoms with E-state index in [2.05, 4.69) is 15.3 Å². The van der Waals surface area contributed by atoms with E-state index in [1.54, 1.807) is 32.0 Å². The third kappa shape index (κ3) is 4.00. The third-order valence-corrected chi connectivity index (χ3v) is 6.10. The Morgan fingerprint density at radius 3 is 2.85 bits per heavy atom. The Labute approximate surface area is 166 Å². The number of rotatable bonds is 5. The minimum absolute atomic E-state index is 0.0449. The maximum Gasteiger partial charge on any atom is 0.337 e. The van der Waals surface area contributed by atoms with E-state index in [1.165, 1.54) is 5.38 Å². The lowest BCUT2D eigenvalue weighted by molar-refractivity contribution is -0.115. The number of carboxylic acids is 1. The number of nitrogens with one attached hydrogen (secondary N) is 2. The highest BCUT2D eigenvalue weighted by molar-refractivity contribution is 8.00. The van der Waals surface area contributed by atoms with Gasteiger partial charge in [-0.2, -0.15) is 0 Å². The van der Waals surface area contributed by atoms with E-state index >= 15 is 0 Å². The molecule has 7 nitrogen and oxygen atoms in total. The number of aromatic carboxylic acids is 1. The SMILES string of the molecule is Cc1c(Cl)cccc1NC(=O)C(C)Sc1nc2scc(C(=O)O)c2c(=O)[nH]1. The van der Waals surface area contributed by atoms with Gasteiger partial charge in [0.25, 0.3) is 5.56 Å². The van der Waals surface area contributed by atoms with Crippen LogP contribution in [-0.4, -0.2) is 32.2 Å². The van der Waals surface area contributed by atoms with Crippen LogP contribution < -0.4 is 10.9 Å². The molecule has 0 radical (unpaired) electrons. The van der Waals surface area contributed by atoms with Gasteiger partial charge in [0.2, 0.25) is 5.91 Å². The first-order chi connectivity index (χ1) is 12.8. The summed E-state index contributed by atoms with van der Waals surface area (Å²) in [4.78, 5) is 43.0. The Morgan fingerprint density at radius 1 is 1.41 bits per heavy atom. The molecule has 0 spiro atoms. The van der Waals surface area contributed by atoms with Crippen LogP contribution in [0.4, 0.5) is 5.69 Å². The Morgan fingerprint density at radius 2 is 2.15 bits per heavy atom. The molecular weight excluding hydrogens is 410 g/mol. The average molecular weight is 424 g/mol. The summed E-state index contributed by atoms with van der Waals surface area (Å²) in [5.74, 6) is -1.45. The van der Waals surface area contributed by atoms with Crippen molar-refractivity contribution in [3.05, 3.63) is 50.1 Å². The Bertz CT molecular complexity index is 1110. The van der Waals surface area contributed by atoms with Crippen LogP contribution in [0, 0.1) is 6.92 Å².